The molecule has 1 fully saturated rings. The highest BCUT2D eigenvalue weighted by Crippen LogP contribution is 2.20. The first-order chi connectivity index (χ1) is 14.1. The average Bonchev–Trinajstić information content (AvgIpc) is 2.75. The van der Waals surface area contributed by atoms with Gasteiger partial charge < -0.3 is 10.1 Å². The van der Waals surface area contributed by atoms with Crippen molar-refractivity contribution in [3.8, 4) is 5.75 Å². The lowest BCUT2D eigenvalue weighted by Crippen LogP contribution is -2.44. The lowest BCUT2D eigenvalue weighted by Gasteiger charge is -2.32. The molecule has 1 aromatic heterocycles. The van der Waals surface area contributed by atoms with Gasteiger partial charge in [-0.15, -0.1) is 0 Å². The summed E-state index contributed by atoms with van der Waals surface area (Å²) in [6.07, 6.45) is 3.20. The number of methoxy groups -OCH3 is 1. The maximum atomic E-state index is 13.9. The first-order valence-electron chi connectivity index (χ1n) is 9.70. The first kappa shape index (κ1) is 19.3. The van der Waals surface area contributed by atoms with Crippen molar-refractivity contribution in [1.29, 1.82) is 0 Å². The molecule has 2 heterocycles. The molecule has 0 bridgehead atoms. The summed E-state index contributed by atoms with van der Waals surface area (Å²) in [5, 5.41) is 3.06. The number of rotatable bonds is 5. The topological polar surface area (TPSA) is 67.3 Å². The van der Waals surface area contributed by atoms with Crippen molar-refractivity contribution in [3.63, 3.8) is 0 Å². The number of para-hydroxylation sites is 2. The van der Waals surface area contributed by atoms with Crippen LogP contribution in [-0.4, -0.2) is 47.0 Å². The van der Waals surface area contributed by atoms with E-state index in [1.165, 1.54) is 19.4 Å². The smallest absolute Gasteiger partial charge is 0.271 e. The van der Waals surface area contributed by atoms with Crippen molar-refractivity contribution in [2.75, 3.05) is 20.2 Å². The molecule has 1 saturated heterocycles. The van der Waals surface area contributed by atoms with Gasteiger partial charge in [0.1, 0.15) is 5.69 Å². The molecule has 2 aromatic carbocycles. The Balaban J connectivity index is 1.31. The molecule has 0 spiro atoms. The molecule has 0 atom stereocenters. The largest absolute Gasteiger partial charge is 0.494 e. The molecular formula is C22H23FN4O2. The number of benzene rings is 2. The number of piperidine rings is 1. The Morgan fingerprint density at radius 2 is 1.97 bits per heavy atom. The van der Waals surface area contributed by atoms with Gasteiger partial charge in [0, 0.05) is 25.7 Å². The van der Waals surface area contributed by atoms with E-state index in [2.05, 4.69) is 20.2 Å². The second-order valence-electron chi connectivity index (χ2n) is 7.24. The number of nitrogens with one attached hydrogen (secondary N) is 1. The molecule has 6 nitrogen and oxygen atoms in total. The molecule has 0 saturated carbocycles. The minimum absolute atomic E-state index is 0.0969. The number of aromatic nitrogens is 2. The third kappa shape index (κ3) is 4.51. The molecule has 1 N–H and O–H groups in total. The van der Waals surface area contributed by atoms with Crippen molar-refractivity contribution in [3.05, 3.63) is 65.7 Å². The highest BCUT2D eigenvalue weighted by Gasteiger charge is 2.22. The van der Waals surface area contributed by atoms with E-state index in [0.717, 1.165) is 37.0 Å². The zero-order valence-electron chi connectivity index (χ0n) is 16.3. The van der Waals surface area contributed by atoms with Crippen LogP contribution in [0.25, 0.3) is 11.0 Å². The number of carbonyl (C=O) groups excluding carboxylic acids is 1. The number of amides is 1. The number of hydrogen-bond donors (Lipinski definition) is 1. The Morgan fingerprint density at radius 1 is 1.21 bits per heavy atom. The molecule has 29 heavy (non-hydrogen) atoms. The summed E-state index contributed by atoms with van der Waals surface area (Å²) in [7, 11) is 1.46. The van der Waals surface area contributed by atoms with Gasteiger partial charge >= 0.3 is 0 Å². The summed E-state index contributed by atoms with van der Waals surface area (Å²) >= 11 is 0. The molecule has 1 aliphatic heterocycles. The predicted octanol–water partition coefficient (Wildman–Crippen LogP) is 3.17. The normalized spacial score (nSPS) is 15.4. The standard InChI is InChI=1S/C22H23FN4O2/c1-29-21-7-6-15(12-17(21)23)14-27-10-8-16(9-11-27)25-22(28)20-13-24-18-4-2-3-5-19(18)26-20/h2-7,12-13,16H,8-11,14H2,1H3,(H,25,28). The van der Waals surface area contributed by atoms with Gasteiger partial charge in [0.05, 0.1) is 24.3 Å². The Bertz CT molecular complexity index is 1020. The van der Waals surface area contributed by atoms with E-state index in [1.807, 2.05) is 30.3 Å². The summed E-state index contributed by atoms with van der Waals surface area (Å²) in [5.74, 6) is -0.283. The number of likely N-dealkylation sites (tertiary alicyclic amines) is 1. The highest BCUT2D eigenvalue weighted by molar-refractivity contribution is 5.93. The number of fused-ring (bicyclic) bond motifs is 1. The quantitative estimate of drug-likeness (QED) is 0.720. The fourth-order valence-corrected chi connectivity index (χ4v) is 3.63. The average molecular weight is 394 g/mol. The van der Waals surface area contributed by atoms with Crippen LogP contribution in [0.5, 0.6) is 5.75 Å². The van der Waals surface area contributed by atoms with Crippen molar-refractivity contribution in [2.45, 2.75) is 25.4 Å². The minimum atomic E-state index is -0.344. The number of halogens is 1. The zero-order valence-corrected chi connectivity index (χ0v) is 16.3. The van der Waals surface area contributed by atoms with Gasteiger partial charge in [-0.05, 0) is 42.7 Å². The van der Waals surface area contributed by atoms with E-state index in [-0.39, 0.29) is 23.5 Å². The third-order valence-corrected chi connectivity index (χ3v) is 5.23. The molecule has 7 heteroatoms. The van der Waals surface area contributed by atoms with Crippen LogP contribution in [-0.2, 0) is 6.54 Å². The van der Waals surface area contributed by atoms with Gasteiger partial charge in [-0.3, -0.25) is 14.7 Å². The first-order valence-corrected chi connectivity index (χ1v) is 9.70. The van der Waals surface area contributed by atoms with E-state index < -0.39 is 0 Å². The number of carbonyl (C=O) groups is 1. The molecule has 1 amide bonds. The van der Waals surface area contributed by atoms with Crippen LogP contribution in [0.3, 0.4) is 0 Å². The fourth-order valence-electron chi connectivity index (χ4n) is 3.63. The van der Waals surface area contributed by atoms with E-state index in [4.69, 9.17) is 4.74 Å². The van der Waals surface area contributed by atoms with Gasteiger partial charge in [-0.25, -0.2) is 9.37 Å². The van der Waals surface area contributed by atoms with Crippen LogP contribution in [0.4, 0.5) is 4.39 Å². The lowest BCUT2D eigenvalue weighted by atomic mass is 10.0. The molecule has 1 aliphatic rings. The minimum Gasteiger partial charge on any atom is -0.494 e. The summed E-state index contributed by atoms with van der Waals surface area (Å²) in [4.78, 5) is 23.5. The molecule has 0 aliphatic carbocycles. The van der Waals surface area contributed by atoms with Gasteiger partial charge in [0.25, 0.3) is 5.91 Å². The molecule has 3 aromatic rings. The molecule has 0 radical (unpaired) electrons. The van der Waals surface area contributed by atoms with Crippen molar-refractivity contribution >= 4 is 16.9 Å². The van der Waals surface area contributed by atoms with Crippen molar-refractivity contribution < 1.29 is 13.9 Å². The maximum absolute atomic E-state index is 13.9. The lowest BCUT2D eigenvalue weighted by molar-refractivity contribution is 0.0904. The van der Waals surface area contributed by atoms with E-state index in [0.29, 0.717) is 17.8 Å². The van der Waals surface area contributed by atoms with Gasteiger partial charge in [0.2, 0.25) is 0 Å². The SMILES string of the molecule is COc1ccc(CN2CCC(NC(=O)c3cnc4ccccc4n3)CC2)cc1F. The zero-order chi connectivity index (χ0) is 20.2. The van der Waals surface area contributed by atoms with E-state index in [1.54, 1.807) is 6.07 Å². The fraction of sp³-hybridized carbons (Fsp3) is 0.318. The van der Waals surface area contributed by atoms with E-state index >= 15 is 0 Å². The van der Waals surface area contributed by atoms with Crippen LogP contribution in [0, 0.1) is 5.82 Å². The van der Waals surface area contributed by atoms with Crippen LogP contribution in [0.1, 0.15) is 28.9 Å². The molecular weight excluding hydrogens is 371 g/mol. The highest BCUT2D eigenvalue weighted by atomic mass is 19.1. The van der Waals surface area contributed by atoms with Gasteiger partial charge in [-0.1, -0.05) is 18.2 Å². The summed E-state index contributed by atoms with van der Waals surface area (Å²) < 4.78 is 18.8. The van der Waals surface area contributed by atoms with Crippen molar-refractivity contribution in [1.82, 2.24) is 20.2 Å². The molecule has 4 rings (SSSR count). The molecule has 0 unspecified atom stereocenters. The third-order valence-electron chi connectivity index (χ3n) is 5.23. The van der Waals surface area contributed by atoms with Crippen molar-refractivity contribution in [2.24, 2.45) is 0 Å². The van der Waals surface area contributed by atoms with E-state index in [9.17, 15) is 9.18 Å². The van der Waals surface area contributed by atoms with Crippen LogP contribution >= 0.6 is 0 Å². The van der Waals surface area contributed by atoms with Crippen LogP contribution in [0.15, 0.2) is 48.7 Å². The number of hydrogen-bond acceptors (Lipinski definition) is 5. The Kier molecular flexibility index (Phi) is 5.67. The Morgan fingerprint density at radius 3 is 2.69 bits per heavy atom. The monoisotopic (exact) mass is 394 g/mol. The summed E-state index contributed by atoms with van der Waals surface area (Å²) in [6, 6.07) is 12.6. The second-order valence-corrected chi connectivity index (χ2v) is 7.24. The van der Waals surface area contributed by atoms with Crippen LogP contribution < -0.4 is 10.1 Å². The van der Waals surface area contributed by atoms with Gasteiger partial charge in [0.15, 0.2) is 11.6 Å². The molecule has 150 valence electrons. The Hall–Kier alpha value is -3.06. The predicted molar refractivity (Wildman–Crippen MR) is 108 cm³/mol. The number of nitrogens with zero attached hydrogens (tertiary/aromatic N) is 3. The second kappa shape index (κ2) is 8.53. The van der Waals surface area contributed by atoms with Gasteiger partial charge in [-0.2, -0.15) is 0 Å². The maximum Gasteiger partial charge on any atom is 0.271 e. The Labute approximate surface area is 168 Å². The number of ether oxygens (including phenoxy) is 1. The summed E-state index contributed by atoms with van der Waals surface area (Å²) in [6.45, 7) is 2.35. The van der Waals surface area contributed by atoms with Crippen LogP contribution in [0.2, 0.25) is 0 Å². The summed E-state index contributed by atoms with van der Waals surface area (Å²) in [5.41, 5.74) is 2.73.